The lowest BCUT2D eigenvalue weighted by molar-refractivity contribution is -0.139. The maximum Gasteiger partial charge on any atom is 0.243 e. The maximum absolute atomic E-state index is 13.2. The highest BCUT2D eigenvalue weighted by Crippen LogP contribution is 2.21. The molecule has 0 aliphatic carbocycles. The van der Waals surface area contributed by atoms with Gasteiger partial charge in [-0.05, 0) is 43.9 Å². The molecule has 0 spiro atoms. The molecule has 0 aromatic heterocycles. The van der Waals surface area contributed by atoms with Gasteiger partial charge in [-0.15, -0.1) is 11.8 Å². The fourth-order valence-corrected chi connectivity index (χ4v) is 4.26. The number of aryl methyl sites for hydroxylation is 1. The number of benzene rings is 2. The second kappa shape index (κ2) is 12.8. The van der Waals surface area contributed by atoms with Gasteiger partial charge in [0.2, 0.25) is 11.8 Å². The summed E-state index contributed by atoms with van der Waals surface area (Å²) in [5.41, 5.74) is 3.24. The fourth-order valence-electron chi connectivity index (χ4n) is 3.19. The molecule has 0 fully saturated rings. The van der Waals surface area contributed by atoms with E-state index in [0.29, 0.717) is 23.7 Å². The number of hydrogen-bond donors (Lipinski definition) is 1. The van der Waals surface area contributed by atoms with Crippen LogP contribution in [0.4, 0.5) is 0 Å². The summed E-state index contributed by atoms with van der Waals surface area (Å²) >= 11 is 7.93. The first-order valence-corrected chi connectivity index (χ1v) is 12.4. The summed E-state index contributed by atoms with van der Waals surface area (Å²) < 4.78 is 0. The summed E-state index contributed by atoms with van der Waals surface area (Å²) in [6.45, 7) is 8.31. The van der Waals surface area contributed by atoms with Crippen LogP contribution < -0.4 is 5.32 Å². The summed E-state index contributed by atoms with van der Waals surface area (Å²) in [6.07, 6.45) is 1.38. The molecule has 6 heteroatoms. The number of rotatable bonds is 11. The summed E-state index contributed by atoms with van der Waals surface area (Å²) in [5, 5.41) is 3.63. The van der Waals surface area contributed by atoms with E-state index in [4.69, 9.17) is 11.6 Å². The highest BCUT2D eigenvalue weighted by Gasteiger charge is 2.29. The number of thioether (sulfide) groups is 1. The van der Waals surface area contributed by atoms with Crippen molar-refractivity contribution in [2.75, 3.05) is 5.75 Å². The Morgan fingerprint density at radius 2 is 1.74 bits per heavy atom. The summed E-state index contributed by atoms with van der Waals surface area (Å²) in [5.74, 6) is 0.900. The van der Waals surface area contributed by atoms with Crippen molar-refractivity contribution in [1.82, 2.24) is 10.2 Å². The predicted octanol–water partition coefficient (Wildman–Crippen LogP) is 5.60. The molecule has 2 aromatic carbocycles. The Kier molecular flexibility index (Phi) is 10.4. The van der Waals surface area contributed by atoms with E-state index in [1.807, 2.05) is 45.0 Å². The van der Waals surface area contributed by atoms with Crippen LogP contribution in [-0.2, 0) is 21.9 Å². The van der Waals surface area contributed by atoms with Crippen LogP contribution in [0.2, 0.25) is 5.02 Å². The quantitative estimate of drug-likeness (QED) is 0.474. The van der Waals surface area contributed by atoms with Gasteiger partial charge in [0, 0.05) is 23.4 Å². The van der Waals surface area contributed by atoms with Crippen molar-refractivity contribution >= 4 is 35.2 Å². The molecule has 0 radical (unpaired) electrons. The fraction of sp³-hybridized carbons (Fsp3) is 0.440. The Morgan fingerprint density at radius 1 is 1.06 bits per heavy atom. The Labute approximate surface area is 195 Å². The molecule has 168 valence electrons. The van der Waals surface area contributed by atoms with Crippen LogP contribution in [0.5, 0.6) is 0 Å². The first-order chi connectivity index (χ1) is 14.8. The van der Waals surface area contributed by atoms with E-state index in [-0.39, 0.29) is 17.9 Å². The zero-order valence-corrected chi connectivity index (χ0v) is 20.4. The smallest absolute Gasteiger partial charge is 0.243 e. The molecule has 2 atom stereocenters. The van der Waals surface area contributed by atoms with Crippen LogP contribution in [0.15, 0.2) is 48.5 Å². The number of halogens is 1. The lowest BCUT2D eigenvalue weighted by Crippen LogP contribution is -2.51. The Hall–Kier alpha value is -1.98. The van der Waals surface area contributed by atoms with Gasteiger partial charge in [-0.1, -0.05) is 73.5 Å². The molecule has 2 aromatic rings. The third-order valence-electron chi connectivity index (χ3n) is 5.30. The van der Waals surface area contributed by atoms with Gasteiger partial charge in [-0.2, -0.15) is 0 Å². The molecule has 1 N–H and O–H groups in total. The zero-order valence-electron chi connectivity index (χ0n) is 18.9. The van der Waals surface area contributed by atoms with E-state index in [2.05, 4.69) is 36.5 Å². The van der Waals surface area contributed by atoms with Crippen molar-refractivity contribution in [3.63, 3.8) is 0 Å². The zero-order chi connectivity index (χ0) is 22.8. The van der Waals surface area contributed by atoms with E-state index in [0.717, 1.165) is 17.7 Å². The lowest BCUT2D eigenvalue weighted by atomic mass is 10.1. The van der Waals surface area contributed by atoms with Gasteiger partial charge in [0.1, 0.15) is 6.04 Å². The van der Waals surface area contributed by atoms with E-state index < -0.39 is 6.04 Å². The minimum Gasteiger partial charge on any atom is -0.352 e. The largest absolute Gasteiger partial charge is 0.352 e. The normalized spacial score (nSPS) is 12.8. The van der Waals surface area contributed by atoms with Gasteiger partial charge in [0.15, 0.2) is 0 Å². The topological polar surface area (TPSA) is 49.4 Å². The third kappa shape index (κ3) is 7.89. The number of hydrogen-bond acceptors (Lipinski definition) is 3. The number of carbonyl (C=O) groups is 2. The first kappa shape index (κ1) is 25.3. The van der Waals surface area contributed by atoms with E-state index in [9.17, 15) is 9.59 Å². The summed E-state index contributed by atoms with van der Waals surface area (Å²) in [7, 11) is 0. The van der Waals surface area contributed by atoms with Gasteiger partial charge >= 0.3 is 0 Å². The van der Waals surface area contributed by atoms with Crippen molar-refractivity contribution in [3.05, 3.63) is 70.2 Å². The highest BCUT2D eigenvalue weighted by molar-refractivity contribution is 7.99. The van der Waals surface area contributed by atoms with Gasteiger partial charge in [-0.25, -0.2) is 0 Å². The molecule has 0 aliphatic heterocycles. The standard InChI is InChI=1S/C25H33ClN2O2S/c1-5-19(4)27-25(30)23(6-2)28(15-21-9-7-8-10-22(21)26)24(29)17-31-16-20-13-11-18(3)12-14-20/h7-14,19,23H,5-6,15-17H2,1-4H3,(H,27,30)/t19-,23-/m0/s1. The summed E-state index contributed by atoms with van der Waals surface area (Å²) in [4.78, 5) is 27.9. The second-order valence-corrected chi connectivity index (χ2v) is 9.23. The van der Waals surface area contributed by atoms with Crippen molar-refractivity contribution < 1.29 is 9.59 Å². The van der Waals surface area contributed by atoms with Gasteiger partial charge < -0.3 is 10.2 Å². The molecular formula is C25H33ClN2O2S. The molecule has 0 saturated heterocycles. The second-order valence-electron chi connectivity index (χ2n) is 7.83. The van der Waals surface area contributed by atoms with Gasteiger partial charge in [0.25, 0.3) is 0 Å². The third-order valence-corrected chi connectivity index (χ3v) is 6.66. The SMILES string of the molecule is CC[C@H](C)NC(=O)[C@H](CC)N(Cc1ccccc1Cl)C(=O)CSCc1ccc(C)cc1. The Balaban J connectivity index is 2.14. The minimum atomic E-state index is -0.530. The summed E-state index contributed by atoms with van der Waals surface area (Å²) in [6, 6.07) is 15.3. The Bertz CT molecular complexity index is 857. The molecule has 31 heavy (non-hydrogen) atoms. The predicted molar refractivity (Wildman–Crippen MR) is 131 cm³/mol. The number of amides is 2. The number of carbonyl (C=O) groups excluding carboxylic acids is 2. The van der Waals surface area contributed by atoms with Gasteiger partial charge in [0.05, 0.1) is 5.75 Å². The molecule has 0 aliphatic rings. The molecule has 0 bridgehead atoms. The molecule has 2 amide bonds. The molecular weight excluding hydrogens is 428 g/mol. The Morgan fingerprint density at radius 3 is 2.35 bits per heavy atom. The van der Waals surface area contributed by atoms with E-state index in [1.165, 1.54) is 11.1 Å². The molecule has 0 heterocycles. The molecule has 0 unspecified atom stereocenters. The first-order valence-electron chi connectivity index (χ1n) is 10.8. The maximum atomic E-state index is 13.2. The van der Waals surface area contributed by atoms with Crippen molar-refractivity contribution in [2.45, 2.75) is 64.9 Å². The van der Waals surface area contributed by atoms with Crippen LogP contribution in [0.25, 0.3) is 0 Å². The van der Waals surface area contributed by atoms with E-state index in [1.54, 1.807) is 16.7 Å². The average molecular weight is 461 g/mol. The van der Waals surface area contributed by atoms with Crippen molar-refractivity contribution in [3.8, 4) is 0 Å². The molecule has 2 rings (SSSR count). The van der Waals surface area contributed by atoms with Crippen LogP contribution in [-0.4, -0.2) is 34.6 Å². The van der Waals surface area contributed by atoms with Crippen molar-refractivity contribution in [2.24, 2.45) is 0 Å². The minimum absolute atomic E-state index is 0.0526. The lowest BCUT2D eigenvalue weighted by Gasteiger charge is -2.31. The number of nitrogens with one attached hydrogen (secondary N) is 1. The monoisotopic (exact) mass is 460 g/mol. The van der Waals surface area contributed by atoms with Crippen LogP contribution in [0, 0.1) is 6.92 Å². The van der Waals surface area contributed by atoms with Crippen LogP contribution in [0.1, 0.15) is 50.3 Å². The van der Waals surface area contributed by atoms with Crippen LogP contribution >= 0.6 is 23.4 Å². The number of nitrogens with zero attached hydrogens (tertiary/aromatic N) is 1. The highest BCUT2D eigenvalue weighted by atomic mass is 35.5. The molecule has 0 saturated carbocycles. The van der Waals surface area contributed by atoms with Crippen molar-refractivity contribution in [1.29, 1.82) is 0 Å². The average Bonchev–Trinajstić information content (AvgIpc) is 2.76. The van der Waals surface area contributed by atoms with Crippen LogP contribution in [0.3, 0.4) is 0 Å². The van der Waals surface area contributed by atoms with Gasteiger partial charge in [-0.3, -0.25) is 9.59 Å². The molecule has 4 nitrogen and oxygen atoms in total. The van der Waals surface area contributed by atoms with E-state index >= 15 is 0 Å².